The van der Waals surface area contributed by atoms with Crippen molar-refractivity contribution in [2.75, 3.05) is 13.1 Å². The summed E-state index contributed by atoms with van der Waals surface area (Å²) in [6.07, 6.45) is 2.32. The molecule has 1 aromatic carbocycles. The summed E-state index contributed by atoms with van der Waals surface area (Å²) in [5.74, 6) is -0.0734. The average Bonchev–Trinajstić information content (AvgIpc) is 2.54. The number of carbonyl (C=O) groups is 1. The van der Waals surface area contributed by atoms with Gasteiger partial charge in [0.15, 0.2) is 0 Å². The van der Waals surface area contributed by atoms with E-state index in [9.17, 15) is 13.2 Å². The van der Waals surface area contributed by atoms with Crippen molar-refractivity contribution in [2.45, 2.75) is 50.1 Å². The van der Waals surface area contributed by atoms with Gasteiger partial charge in [0.25, 0.3) is 5.91 Å². The molecule has 24 heavy (non-hydrogen) atoms. The second kappa shape index (κ2) is 8.80. The van der Waals surface area contributed by atoms with E-state index in [0.717, 1.165) is 12.8 Å². The Morgan fingerprint density at radius 2 is 1.83 bits per heavy atom. The molecular weight excluding hydrogens is 350 g/mol. The number of carbonyl (C=O) groups excluding carboxylic acids is 1. The van der Waals surface area contributed by atoms with Crippen molar-refractivity contribution in [1.29, 1.82) is 0 Å². The summed E-state index contributed by atoms with van der Waals surface area (Å²) in [4.78, 5) is 14.4. The predicted molar refractivity (Wildman–Crippen MR) is 96.9 cm³/mol. The monoisotopic (exact) mass is 375 g/mol. The Labute approximate surface area is 150 Å². The minimum absolute atomic E-state index is 0. The molecule has 0 spiro atoms. The van der Waals surface area contributed by atoms with Gasteiger partial charge < -0.3 is 10.6 Å². The van der Waals surface area contributed by atoms with Gasteiger partial charge in [-0.25, -0.2) is 13.1 Å². The molecule has 1 unspecified atom stereocenters. The van der Waals surface area contributed by atoms with E-state index >= 15 is 0 Å². The Hall–Kier alpha value is -1.15. The van der Waals surface area contributed by atoms with E-state index in [1.165, 1.54) is 12.1 Å². The van der Waals surface area contributed by atoms with Gasteiger partial charge in [0.05, 0.1) is 4.90 Å². The number of benzene rings is 1. The smallest absolute Gasteiger partial charge is 0.253 e. The number of sulfonamides is 1. The van der Waals surface area contributed by atoms with Crippen molar-refractivity contribution in [1.82, 2.24) is 9.62 Å². The van der Waals surface area contributed by atoms with Gasteiger partial charge >= 0.3 is 0 Å². The molecule has 136 valence electrons. The fourth-order valence-electron chi connectivity index (χ4n) is 2.48. The normalized spacial score (nSPS) is 17.2. The van der Waals surface area contributed by atoms with E-state index in [0.29, 0.717) is 25.1 Å². The second-order valence-corrected chi connectivity index (χ2v) is 7.80. The molecular formula is C16H26ClN3O3S. The van der Waals surface area contributed by atoms with Crippen molar-refractivity contribution in [3.8, 4) is 0 Å². The lowest BCUT2D eigenvalue weighted by molar-refractivity contribution is 0.0714. The topological polar surface area (TPSA) is 92.5 Å². The molecule has 1 heterocycles. The lowest BCUT2D eigenvalue weighted by Gasteiger charge is -2.30. The van der Waals surface area contributed by atoms with Crippen LogP contribution in [0.15, 0.2) is 29.2 Å². The van der Waals surface area contributed by atoms with Gasteiger partial charge in [-0.1, -0.05) is 6.92 Å². The summed E-state index contributed by atoms with van der Waals surface area (Å²) in [5, 5.41) is 0. The maximum Gasteiger partial charge on any atom is 0.253 e. The van der Waals surface area contributed by atoms with E-state index in [4.69, 9.17) is 5.73 Å². The maximum atomic E-state index is 12.4. The second-order valence-electron chi connectivity index (χ2n) is 6.08. The summed E-state index contributed by atoms with van der Waals surface area (Å²) in [5.41, 5.74) is 6.35. The standard InChI is InChI=1S/C16H25N3O3S.ClH/c1-3-12(2)18-23(21,22)15-6-4-13(5-7-15)16(20)19-10-8-14(17)9-11-19;/h4-7,12,14,18H,3,8-11,17H2,1-2H3;1H. The zero-order chi connectivity index (χ0) is 17.0. The van der Waals surface area contributed by atoms with E-state index in [-0.39, 0.29) is 35.3 Å². The molecule has 1 aliphatic rings. The average molecular weight is 376 g/mol. The summed E-state index contributed by atoms with van der Waals surface area (Å²) >= 11 is 0. The van der Waals surface area contributed by atoms with E-state index in [1.54, 1.807) is 17.0 Å². The van der Waals surface area contributed by atoms with Gasteiger partial charge in [-0.15, -0.1) is 12.4 Å². The zero-order valence-corrected chi connectivity index (χ0v) is 15.7. The van der Waals surface area contributed by atoms with Gasteiger partial charge in [-0.05, 0) is 50.5 Å². The van der Waals surface area contributed by atoms with Crippen LogP contribution < -0.4 is 10.5 Å². The number of amides is 1. The molecule has 0 aliphatic carbocycles. The first kappa shape index (κ1) is 20.9. The molecule has 0 radical (unpaired) electrons. The Morgan fingerprint density at radius 3 is 2.33 bits per heavy atom. The molecule has 8 heteroatoms. The number of nitrogens with one attached hydrogen (secondary N) is 1. The van der Waals surface area contributed by atoms with Gasteiger partial charge in [0.2, 0.25) is 10.0 Å². The highest BCUT2D eigenvalue weighted by molar-refractivity contribution is 7.89. The molecule has 1 aliphatic heterocycles. The molecule has 0 saturated carbocycles. The molecule has 0 bridgehead atoms. The third kappa shape index (κ3) is 5.17. The van der Waals surface area contributed by atoms with Crippen LogP contribution in [-0.2, 0) is 10.0 Å². The maximum absolute atomic E-state index is 12.4. The Balaban J connectivity index is 0.00000288. The zero-order valence-electron chi connectivity index (χ0n) is 14.1. The van der Waals surface area contributed by atoms with Gasteiger partial charge in [-0.2, -0.15) is 0 Å². The fourth-order valence-corrected chi connectivity index (χ4v) is 3.80. The number of hydrogen-bond acceptors (Lipinski definition) is 4. The molecule has 1 aromatic rings. The summed E-state index contributed by atoms with van der Waals surface area (Å²) in [6.45, 7) is 5.03. The van der Waals surface area contributed by atoms with Crippen molar-refractivity contribution in [2.24, 2.45) is 5.73 Å². The van der Waals surface area contributed by atoms with Crippen LogP contribution in [0, 0.1) is 0 Å². The van der Waals surface area contributed by atoms with Gasteiger partial charge in [-0.3, -0.25) is 4.79 Å². The first-order valence-electron chi connectivity index (χ1n) is 8.00. The van der Waals surface area contributed by atoms with Crippen LogP contribution in [0.2, 0.25) is 0 Å². The molecule has 6 nitrogen and oxygen atoms in total. The number of likely N-dealkylation sites (tertiary alicyclic amines) is 1. The van der Waals surface area contributed by atoms with Crippen LogP contribution in [0.25, 0.3) is 0 Å². The third-order valence-electron chi connectivity index (χ3n) is 4.21. The van der Waals surface area contributed by atoms with Gasteiger partial charge in [0.1, 0.15) is 0 Å². The molecule has 2 rings (SSSR count). The molecule has 1 saturated heterocycles. The van der Waals surface area contributed by atoms with E-state index < -0.39 is 10.0 Å². The minimum atomic E-state index is -3.54. The lowest BCUT2D eigenvalue weighted by Crippen LogP contribution is -2.42. The first-order valence-corrected chi connectivity index (χ1v) is 9.49. The quantitative estimate of drug-likeness (QED) is 0.819. The number of halogens is 1. The van der Waals surface area contributed by atoms with Crippen LogP contribution in [-0.4, -0.2) is 44.4 Å². The molecule has 1 atom stereocenters. The van der Waals surface area contributed by atoms with Crippen LogP contribution in [0.4, 0.5) is 0 Å². The third-order valence-corrected chi connectivity index (χ3v) is 5.81. The van der Waals surface area contributed by atoms with Crippen LogP contribution >= 0.6 is 12.4 Å². The number of piperidine rings is 1. The fraction of sp³-hybridized carbons (Fsp3) is 0.562. The number of hydrogen-bond donors (Lipinski definition) is 2. The Bertz CT molecular complexity index is 641. The lowest BCUT2D eigenvalue weighted by atomic mass is 10.1. The SMILES string of the molecule is CCC(C)NS(=O)(=O)c1ccc(C(=O)N2CCC(N)CC2)cc1.Cl. The summed E-state index contributed by atoms with van der Waals surface area (Å²) in [7, 11) is -3.54. The molecule has 3 N–H and O–H groups in total. The first-order chi connectivity index (χ1) is 10.8. The summed E-state index contributed by atoms with van der Waals surface area (Å²) < 4.78 is 27.0. The Kier molecular flexibility index (Phi) is 7.66. The highest BCUT2D eigenvalue weighted by Gasteiger charge is 2.22. The van der Waals surface area contributed by atoms with Crippen molar-refractivity contribution in [3.63, 3.8) is 0 Å². The minimum Gasteiger partial charge on any atom is -0.339 e. The van der Waals surface area contributed by atoms with Crippen molar-refractivity contribution in [3.05, 3.63) is 29.8 Å². The largest absolute Gasteiger partial charge is 0.339 e. The van der Waals surface area contributed by atoms with Crippen molar-refractivity contribution < 1.29 is 13.2 Å². The van der Waals surface area contributed by atoms with Crippen molar-refractivity contribution >= 4 is 28.3 Å². The highest BCUT2D eigenvalue weighted by Crippen LogP contribution is 2.16. The summed E-state index contributed by atoms with van der Waals surface area (Å²) in [6, 6.07) is 6.14. The number of nitrogens with two attached hydrogens (primary N) is 1. The Morgan fingerprint density at radius 1 is 1.29 bits per heavy atom. The van der Waals surface area contributed by atoms with Crippen LogP contribution in [0.1, 0.15) is 43.5 Å². The van der Waals surface area contributed by atoms with E-state index in [1.807, 2.05) is 13.8 Å². The highest BCUT2D eigenvalue weighted by atomic mass is 35.5. The van der Waals surface area contributed by atoms with Crippen LogP contribution in [0.5, 0.6) is 0 Å². The predicted octanol–water partition coefficient (Wildman–Crippen LogP) is 1.75. The molecule has 1 amide bonds. The number of nitrogens with zero attached hydrogens (tertiary/aromatic N) is 1. The van der Waals surface area contributed by atoms with Crippen LogP contribution in [0.3, 0.4) is 0 Å². The molecule has 1 fully saturated rings. The van der Waals surface area contributed by atoms with E-state index in [2.05, 4.69) is 4.72 Å². The van der Waals surface area contributed by atoms with Gasteiger partial charge in [0, 0.05) is 30.7 Å². The number of rotatable bonds is 5. The molecule has 0 aromatic heterocycles.